The Balaban J connectivity index is 0.000000515. The normalized spacial score (nSPS) is 11.5. The van der Waals surface area contributed by atoms with Gasteiger partial charge >= 0.3 is 0 Å². The maximum atomic E-state index is 5.61. The van der Waals surface area contributed by atoms with E-state index in [-0.39, 0.29) is 0 Å². The van der Waals surface area contributed by atoms with E-state index in [2.05, 4.69) is 314 Å². The molecule has 8 aromatic heterocycles. The van der Waals surface area contributed by atoms with Crippen molar-refractivity contribution in [3.8, 4) is 0 Å². The molecular weight excluding hydrogens is 1180 g/mol. The van der Waals surface area contributed by atoms with Gasteiger partial charge in [0.15, 0.2) is 0 Å². The lowest BCUT2D eigenvalue weighted by Crippen LogP contribution is -2.05. The minimum Gasteiger partial charge on any atom is -0.469 e. The molecule has 0 unspecified atom stereocenters. The third kappa shape index (κ3) is 29.8. The van der Waals surface area contributed by atoms with Gasteiger partial charge in [0, 0.05) is 71.7 Å². The van der Waals surface area contributed by atoms with Gasteiger partial charge in [-0.05, 0) is 182 Å². The molecule has 8 aromatic rings. The number of hydrogen-bond acceptors (Lipinski definition) is 9. The topological polar surface area (TPSA) is 74.8 Å². The fourth-order valence-electron chi connectivity index (χ4n) is 8.72. The molecule has 11 heteroatoms. The molecule has 7 nitrogen and oxygen atoms in total. The molecule has 0 spiro atoms. The molecule has 0 aromatic carbocycles. The Labute approximate surface area is 569 Å². The molecule has 8 rings (SSSR count). The number of thiophene rings is 3. The van der Waals surface area contributed by atoms with Crippen LogP contribution in [-0.2, 0) is 0 Å². The maximum Gasteiger partial charge on any atom is 0.106 e. The lowest BCUT2D eigenvalue weighted by Gasteiger charge is -2.14. The first-order valence-electron chi connectivity index (χ1n) is 34.2. The Morgan fingerprint density at radius 2 is 0.811 bits per heavy atom. The molecule has 0 aliphatic rings. The molecule has 0 radical (unpaired) electrons. The van der Waals surface area contributed by atoms with Crippen LogP contribution in [0.4, 0.5) is 0 Å². The van der Waals surface area contributed by atoms with E-state index < -0.39 is 0 Å². The summed E-state index contributed by atoms with van der Waals surface area (Å²) < 4.78 is 13.4. The molecular formula is C79H131N5O2S4. The van der Waals surface area contributed by atoms with Crippen LogP contribution in [0.25, 0.3) is 0 Å². The van der Waals surface area contributed by atoms with Gasteiger partial charge in [0.1, 0.15) is 17.3 Å². The molecule has 0 fully saturated rings. The highest BCUT2D eigenvalue weighted by atomic mass is 32.1. The number of aromatic nitrogens is 5. The van der Waals surface area contributed by atoms with Gasteiger partial charge in [0.25, 0.3) is 0 Å². The summed E-state index contributed by atoms with van der Waals surface area (Å²) in [5, 5.41) is 14.3. The van der Waals surface area contributed by atoms with Crippen LogP contribution in [0.5, 0.6) is 0 Å². The fourth-order valence-corrected chi connectivity index (χ4v) is 12.8. The summed E-state index contributed by atoms with van der Waals surface area (Å²) in [7, 11) is 0. The molecule has 8 heterocycles. The number of thiazole rings is 1. The van der Waals surface area contributed by atoms with E-state index in [0.29, 0.717) is 94.9 Å². The zero-order valence-corrected chi connectivity index (χ0v) is 66.7. The summed E-state index contributed by atoms with van der Waals surface area (Å²) in [6, 6.07) is 18.7. The number of furan rings is 2. The maximum absolute atomic E-state index is 5.61. The third-order valence-electron chi connectivity index (χ3n) is 15.0. The summed E-state index contributed by atoms with van der Waals surface area (Å²) in [5.41, 5.74) is 9.65. The SMILES string of the molecule is CC(C)c1ccc(C(C)C)o1.CC(C)c1ccc(C(C)C)s1.CC(C)c1cnc(C(C)C)s1.CC(C)c1cnn(C(C)C)n1.CC(C)c1coc(C(C)C)c1.CC(C)c1csc(C(C)C)c1.CC(C)c1csc(C(C)C)c1.Cc1cc(C(C)C)c(C)n1C(C)C. The minimum absolute atomic E-state index is 0.363. The van der Waals surface area contributed by atoms with Crippen molar-refractivity contribution >= 4 is 45.3 Å². The van der Waals surface area contributed by atoms with Crippen molar-refractivity contribution in [1.82, 2.24) is 24.5 Å². The fraction of sp³-hybridized carbons (Fsp3) is 0.633. The molecule has 0 saturated carbocycles. The molecule has 0 amide bonds. The summed E-state index contributed by atoms with van der Waals surface area (Å²) >= 11 is 7.56. The molecule has 0 aliphatic carbocycles. The highest BCUT2D eigenvalue weighted by Crippen LogP contribution is 2.32. The average molecular weight is 1310 g/mol. The van der Waals surface area contributed by atoms with Crippen LogP contribution in [0.1, 0.15) is 403 Å². The van der Waals surface area contributed by atoms with Crippen LogP contribution in [-0.4, -0.2) is 24.5 Å². The van der Waals surface area contributed by atoms with Crippen LogP contribution in [0, 0.1) is 13.8 Å². The Bertz CT molecular complexity index is 2450. The van der Waals surface area contributed by atoms with Crippen molar-refractivity contribution in [3.63, 3.8) is 0 Å². The van der Waals surface area contributed by atoms with Crippen molar-refractivity contribution in [1.29, 1.82) is 0 Å². The average Bonchev–Trinajstić information content (AvgIpc) is 1.84. The molecule has 508 valence electrons. The zero-order valence-electron chi connectivity index (χ0n) is 63.4. The predicted octanol–water partition coefficient (Wildman–Crippen LogP) is 28.2. The summed E-state index contributed by atoms with van der Waals surface area (Å²) in [6.45, 7) is 74.7. The number of nitrogens with zero attached hydrogens (tertiary/aromatic N) is 5. The van der Waals surface area contributed by atoms with Gasteiger partial charge in [-0.1, -0.05) is 194 Å². The van der Waals surface area contributed by atoms with E-state index in [1.807, 2.05) is 64.0 Å². The number of rotatable bonds is 16. The first-order valence-corrected chi connectivity index (χ1v) is 37.6. The van der Waals surface area contributed by atoms with Crippen molar-refractivity contribution in [3.05, 3.63) is 164 Å². The highest BCUT2D eigenvalue weighted by molar-refractivity contribution is 7.12. The van der Waals surface area contributed by atoms with E-state index in [0.717, 1.165) is 23.0 Å². The van der Waals surface area contributed by atoms with Gasteiger partial charge in [0.2, 0.25) is 0 Å². The highest BCUT2D eigenvalue weighted by Gasteiger charge is 2.15. The predicted molar refractivity (Wildman–Crippen MR) is 404 cm³/mol. The van der Waals surface area contributed by atoms with E-state index in [1.54, 1.807) is 4.80 Å². The quantitative estimate of drug-likeness (QED) is 0.0964. The number of hydrogen-bond donors (Lipinski definition) is 0. The van der Waals surface area contributed by atoms with Crippen LogP contribution in [0.2, 0.25) is 0 Å². The van der Waals surface area contributed by atoms with Gasteiger partial charge in [-0.3, -0.25) is 0 Å². The van der Waals surface area contributed by atoms with Gasteiger partial charge in [-0.25, -0.2) is 4.98 Å². The van der Waals surface area contributed by atoms with Crippen LogP contribution in [0.15, 0.2) is 86.8 Å². The van der Waals surface area contributed by atoms with Crippen molar-refractivity contribution in [2.75, 3.05) is 0 Å². The lowest BCUT2D eigenvalue weighted by atomic mass is 10.0. The second-order valence-electron chi connectivity index (χ2n) is 29.1. The van der Waals surface area contributed by atoms with Crippen LogP contribution >= 0.6 is 45.3 Å². The molecule has 0 atom stereocenters. The molecule has 0 N–H and O–H groups in total. The smallest absolute Gasteiger partial charge is 0.106 e. The Morgan fingerprint density at radius 1 is 0.378 bits per heavy atom. The Morgan fingerprint density at radius 3 is 1.02 bits per heavy atom. The first-order chi connectivity index (χ1) is 41.7. The van der Waals surface area contributed by atoms with Gasteiger partial charge in [-0.2, -0.15) is 15.0 Å². The van der Waals surface area contributed by atoms with E-state index in [4.69, 9.17) is 8.83 Å². The van der Waals surface area contributed by atoms with Gasteiger partial charge in [0.05, 0.1) is 29.2 Å². The third-order valence-corrected chi connectivity index (χ3v) is 20.8. The minimum atomic E-state index is 0.363. The summed E-state index contributed by atoms with van der Waals surface area (Å²) in [5.74, 6) is 11.8. The van der Waals surface area contributed by atoms with E-state index in [1.165, 1.54) is 63.0 Å². The zero-order chi connectivity index (χ0) is 69.2. The van der Waals surface area contributed by atoms with Crippen molar-refractivity contribution in [2.45, 2.75) is 330 Å². The number of aryl methyl sites for hydroxylation is 1. The van der Waals surface area contributed by atoms with Crippen LogP contribution in [0.3, 0.4) is 0 Å². The largest absolute Gasteiger partial charge is 0.469 e. The van der Waals surface area contributed by atoms with Crippen molar-refractivity contribution < 1.29 is 8.83 Å². The summed E-state index contributed by atoms with van der Waals surface area (Å²) in [6.07, 6.45) is 5.70. The molecule has 90 heavy (non-hydrogen) atoms. The second-order valence-corrected chi connectivity index (χ2v) is 33.2. The lowest BCUT2D eigenvalue weighted by molar-refractivity contribution is 0.432. The molecule has 0 saturated heterocycles. The van der Waals surface area contributed by atoms with E-state index >= 15 is 0 Å². The van der Waals surface area contributed by atoms with Gasteiger partial charge in [-0.15, -0.1) is 45.3 Å². The summed E-state index contributed by atoms with van der Waals surface area (Å²) in [4.78, 5) is 13.5. The van der Waals surface area contributed by atoms with Crippen LogP contribution < -0.4 is 0 Å². The van der Waals surface area contributed by atoms with Gasteiger partial charge < -0.3 is 13.4 Å². The molecule has 0 bridgehead atoms. The molecule has 0 aliphatic heterocycles. The second kappa shape index (κ2) is 41.4. The monoisotopic (exact) mass is 1310 g/mol. The Hall–Kier alpha value is -4.29. The standard InChI is InChI=1S/C12H21N.2C10H16O.3C10H16S.C9H15NS.C8H15N3/c1-8(2)12-7-10(5)13(9(3)4)11(12)6;1-7(2)9-5-10(8(3)4)11-6-9;1-7(2)9-5-6-10(11-9)8(3)4;2*1-7(2)9-5-10(8(3)4)11-6-9;1-7(2)9-5-6-10(11-9)8(3)4;1-6(2)8-5-10-9(11-8)7(3)4;1-6(2)8-5-9-11(10-8)7(3)4/h7-9H,1-6H3;5*5-8H,1-4H3;2*5-7H,1-4H3. The van der Waals surface area contributed by atoms with Crippen molar-refractivity contribution in [2.24, 2.45) is 0 Å². The Kier molecular flexibility index (Phi) is 38.5. The first kappa shape index (κ1) is 83.7. The van der Waals surface area contributed by atoms with E-state index in [9.17, 15) is 0 Å².